The maximum Gasteiger partial charge on any atom is 0.355 e. The molecule has 1 rings (SSSR count). The summed E-state index contributed by atoms with van der Waals surface area (Å²) in [5.41, 5.74) is -2.01. The molecule has 0 amide bonds. The Balaban J connectivity index is 2.82. The molecule has 0 aromatic rings. The lowest BCUT2D eigenvalue weighted by Crippen LogP contribution is -2.26. The van der Waals surface area contributed by atoms with Crippen molar-refractivity contribution in [3.05, 3.63) is 22.8 Å². The molecule has 0 aliphatic carbocycles. The SMILES string of the molecule is C=CC1(C)OC1(C)[N+](=O)[O-]. The summed E-state index contributed by atoms with van der Waals surface area (Å²) >= 11 is 0. The number of ether oxygens (including phenoxy) is 1. The van der Waals surface area contributed by atoms with Crippen LogP contribution >= 0.6 is 0 Å². The van der Waals surface area contributed by atoms with Crippen LogP contribution in [0, 0.1) is 10.1 Å². The van der Waals surface area contributed by atoms with E-state index in [1.807, 2.05) is 0 Å². The number of nitro groups is 1. The van der Waals surface area contributed by atoms with Crippen molar-refractivity contribution in [1.29, 1.82) is 0 Å². The fraction of sp³-hybridized carbons (Fsp3) is 0.667. The number of epoxide rings is 1. The summed E-state index contributed by atoms with van der Waals surface area (Å²) in [5, 5.41) is 10.3. The van der Waals surface area contributed by atoms with Gasteiger partial charge in [0.2, 0.25) is 0 Å². The van der Waals surface area contributed by atoms with Gasteiger partial charge in [-0.2, -0.15) is 0 Å². The second-order valence-electron chi connectivity index (χ2n) is 2.65. The minimum absolute atomic E-state index is 0.436. The molecule has 4 heteroatoms. The van der Waals surface area contributed by atoms with Crippen LogP contribution in [-0.4, -0.2) is 16.2 Å². The van der Waals surface area contributed by atoms with Gasteiger partial charge in [-0.3, -0.25) is 14.9 Å². The van der Waals surface area contributed by atoms with Crippen LogP contribution < -0.4 is 0 Å². The molecule has 0 spiro atoms. The molecule has 1 heterocycles. The van der Waals surface area contributed by atoms with Gasteiger partial charge in [-0.05, 0) is 6.92 Å². The van der Waals surface area contributed by atoms with Gasteiger partial charge in [0.05, 0.1) is 4.92 Å². The standard InChI is InChI=1S/C6H9NO3/c1-4-5(2)6(3,10-5)7(8)9/h4H,1H2,2-3H3. The van der Waals surface area contributed by atoms with E-state index >= 15 is 0 Å². The van der Waals surface area contributed by atoms with Crippen LogP contribution in [0.4, 0.5) is 0 Å². The van der Waals surface area contributed by atoms with Crippen molar-refractivity contribution >= 4 is 0 Å². The van der Waals surface area contributed by atoms with Gasteiger partial charge >= 0.3 is 5.72 Å². The van der Waals surface area contributed by atoms with Crippen molar-refractivity contribution < 1.29 is 9.66 Å². The Morgan fingerprint density at radius 3 is 2.30 bits per heavy atom. The van der Waals surface area contributed by atoms with Gasteiger partial charge in [0.15, 0.2) is 5.60 Å². The second-order valence-corrected chi connectivity index (χ2v) is 2.65. The minimum Gasteiger partial charge on any atom is -0.291 e. The van der Waals surface area contributed by atoms with Crippen molar-refractivity contribution in [2.45, 2.75) is 25.2 Å². The first-order chi connectivity index (χ1) is 4.46. The fourth-order valence-electron chi connectivity index (χ4n) is 0.837. The van der Waals surface area contributed by atoms with E-state index in [1.54, 1.807) is 6.92 Å². The van der Waals surface area contributed by atoms with E-state index in [0.29, 0.717) is 0 Å². The highest BCUT2D eigenvalue weighted by molar-refractivity contribution is 5.14. The van der Waals surface area contributed by atoms with E-state index in [9.17, 15) is 10.1 Å². The topological polar surface area (TPSA) is 55.7 Å². The zero-order chi connectivity index (χ0) is 7.99. The summed E-state index contributed by atoms with van der Waals surface area (Å²) < 4.78 is 4.89. The normalized spacial score (nSPS) is 44.6. The fourth-order valence-corrected chi connectivity index (χ4v) is 0.837. The predicted molar refractivity (Wildman–Crippen MR) is 35.1 cm³/mol. The zero-order valence-electron chi connectivity index (χ0n) is 5.96. The highest BCUT2D eigenvalue weighted by Gasteiger charge is 2.73. The van der Waals surface area contributed by atoms with E-state index in [0.717, 1.165) is 0 Å². The van der Waals surface area contributed by atoms with Gasteiger partial charge in [0, 0.05) is 6.92 Å². The Morgan fingerprint density at radius 2 is 2.20 bits per heavy atom. The lowest BCUT2D eigenvalue weighted by molar-refractivity contribution is -0.559. The summed E-state index contributed by atoms with van der Waals surface area (Å²) in [5.74, 6) is 0. The van der Waals surface area contributed by atoms with Gasteiger partial charge in [0.25, 0.3) is 0 Å². The molecule has 0 aromatic heterocycles. The third-order valence-electron chi connectivity index (χ3n) is 2.03. The van der Waals surface area contributed by atoms with E-state index in [4.69, 9.17) is 4.74 Å². The quantitative estimate of drug-likeness (QED) is 0.250. The third-order valence-corrected chi connectivity index (χ3v) is 2.03. The highest BCUT2D eigenvalue weighted by atomic mass is 16.8. The minimum atomic E-state index is -1.24. The first kappa shape index (κ1) is 7.21. The Bertz CT molecular complexity index is 203. The molecule has 1 fully saturated rings. The summed E-state index contributed by atoms with van der Waals surface area (Å²) in [6.07, 6.45) is 1.45. The highest BCUT2D eigenvalue weighted by Crippen LogP contribution is 2.48. The van der Waals surface area contributed by atoms with E-state index in [2.05, 4.69) is 6.58 Å². The molecule has 1 saturated heterocycles. The van der Waals surface area contributed by atoms with Gasteiger partial charge < -0.3 is 0 Å². The second kappa shape index (κ2) is 1.58. The van der Waals surface area contributed by atoms with Gasteiger partial charge in [-0.25, -0.2) is 0 Å². The molecule has 0 bridgehead atoms. The summed E-state index contributed by atoms with van der Waals surface area (Å²) in [6, 6.07) is 0. The molecule has 0 saturated carbocycles. The van der Waals surface area contributed by atoms with Crippen LogP contribution in [0.25, 0.3) is 0 Å². The Labute approximate surface area is 58.6 Å². The Kier molecular flexibility index (Phi) is 1.14. The third kappa shape index (κ3) is 0.593. The van der Waals surface area contributed by atoms with Gasteiger partial charge in [-0.1, -0.05) is 12.7 Å². The van der Waals surface area contributed by atoms with Crippen LogP contribution in [0.5, 0.6) is 0 Å². The van der Waals surface area contributed by atoms with Crippen molar-refractivity contribution in [3.63, 3.8) is 0 Å². The first-order valence-electron chi connectivity index (χ1n) is 2.94. The molecule has 1 aliphatic rings. The first-order valence-corrected chi connectivity index (χ1v) is 2.94. The summed E-state index contributed by atoms with van der Waals surface area (Å²) in [6.45, 7) is 6.52. The Morgan fingerprint density at radius 1 is 1.70 bits per heavy atom. The van der Waals surface area contributed by atoms with Crippen LogP contribution in [0.2, 0.25) is 0 Å². The molecule has 0 aromatic carbocycles. The lowest BCUT2D eigenvalue weighted by atomic mass is 10.1. The average molecular weight is 143 g/mol. The number of hydrogen-bond acceptors (Lipinski definition) is 3. The summed E-state index contributed by atoms with van der Waals surface area (Å²) in [4.78, 5) is 9.85. The maximum atomic E-state index is 10.3. The maximum absolute atomic E-state index is 10.3. The zero-order valence-corrected chi connectivity index (χ0v) is 5.96. The molecule has 56 valence electrons. The molecule has 10 heavy (non-hydrogen) atoms. The van der Waals surface area contributed by atoms with Crippen LogP contribution in [0.3, 0.4) is 0 Å². The summed E-state index contributed by atoms with van der Waals surface area (Å²) in [7, 11) is 0. The average Bonchev–Trinajstić information content (AvgIpc) is 2.39. The molecule has 0 radical (unpaired) electrons. The largest absolute Gasteiger partial charge is 0.355 e. The monoisotopic (exact) mass is 143 g/mol. The number of nitrogens with zero attached hydrogens (tertiary/aromatic N) is 1. The number of hydrogen-bond donors (Lipinski definition) is 0. The lowest BCUT2D eigenvalue weighted by Gasteiger charge is -1.97. The molecule has 1 aliphatic heterocycles. The molecule has 2 unspecified atom stereocenters. The molecular weight excluding hydrogens is 134 g/mol. The van der Waals surface area contributed by atoms with Crippen molar-refractivity contribution in [1.82, 2.24) is 0 Å². The predicted octanol–water partition coefficient (Wildman–Crippen LogP) is 0.954. The van der Waals surface area contributed by atoms with E-state index < -0.39 is 16.2 Å². The van der Waals surface area contributed by atoms with Crippen molar-refractivity contribution in [2.75, 3.05) is 0 Å². The molecule has 4 nitrogen and oxygen atoms in total. The van der Waals surface area contributed by atoms with E-state index in [1.165, 1.54) is 13.0 Å². The van der Waals surface area contributed by atoms with Crippen molar-refractivity contribution in [3.8, 4) is 0 Å². The Hall–Kier alpha value is -0.900. The smallest absolute Gasteiger partial charge is 0.291 e. The van der Waals surface area contributed by atoms with Gasteiger partial charge in [-0.15, -0.1) is 0 Å². The molecule has 2 atom stereocenters. The number of rotatable bonds is 2. The van der Waals surface area contributed by atoms with Gasteiger partial charge in [0.1, 0.15) is 0 Å². The molecular formula is C6H9NO3. The van der Waals surface area contributed by atoms with Crippen molar-refractivity contribution in [2.24, 2.45) is 0 Å². The molecule has 0 N–H and O–H groups in total. The van der Waals surface area contributed by atoms with Crippen LogP contribution in [0.15, 0.2) is 12.7 Å². The van der Waals surface area contributed by atoms with Crippen LogP contribution in [0.1, 0.15) is 13.8 Å². The van der Waals surface area contributed by atoms with Crippen LogP contribution in [-0.2, 0) is 4.74 Å². The van der Waals surface area contributed by atoms with E-state index in [-0.39, 0.29) is 0 Å².